The summed E-state index contributed by atoms with van der Waals surface area (Å²) >= 11 is 5.27. The van der Waals surface area contributed by atoms with Crippen molar-refractivity contribution in [3.63, 3.8) is 0 Å². The van der Waals surface area contributed by atoms with Gasteiger partial charge in [0, 0.05) is 60.2 Å². The first-order valence-corrected chi connectivity index (χ1v) is 14.8. The lowest BCUT2D eigenvalue weighted by atomic mass is 9.94. The van der Waals surface area contributed by atoms with E-state index in [1.165, 1.54) is 0 Å². The van der Waals surface area contributed by atoms with E-state index in [9.17, 15) is 26.3 Å². The van der Waals surface area contributed by atoms with Gasteiger partial charge in [0.1, 0.15) is 11.5 Å². The molecule has 2 aromatic heterocycles. The number of aromatic nitrogens is 3. The van der Waals surface area contributed by atoms with Gasteiger partial charge in [-0.15, -0.1) is 5.10 Å². The SMILES string of the molecule is Cc1ccc(Nc2cc(N(C)C)ccn2)cc1-c1ccnnc1-c1cc(NC(=S)Nc2cc(C(F)(F)F)cc(C(F)(F)F)c2)ccc1C. The maximum Gasteiger partial charge on any atom is 0.416 e. The second-order valence-corrected chi connectivity index (χ2v) is 11.6. The zero-order valence-electron chi connectivity index (χ0n) is 26.0. The maximum absolute atomic E-state index is 13.3. The van der Waals surface area contributed by atoms with Crippen LogP contribution in [0.25, 0.3) is 22.4 Å². The molecule has 0 spiro atoms. The molecule has 2 heterocycles. The van der Waals surface area contributed by atoms with E-state index >= 15 is 0 Å². The third-order valence-electron chi connectivity index (χ3n) is 7.38. The fraction of sp³-hybridized carbons (Fsp3) is 0.176. The molecule has 0 saturated carbocycles. The molecule has 3 aromatic carbocycles. The number of hydrogen-bond donors (Lipinski definition) is 3. The lowest BCUT2D eigenvalue weighted by molar-refractivity contribution is -0.143. The van der Waals surface area contributed by atoms with Gasteiger partial charge in [0.05, 0.1) is 17.3 Å². The van der Waals surface area contributed by atoms with Crippen LogP contribution in [0.1, 0.15) is 22.3 Å². The molecule has 0 aliphatic rings. The summed E-state index contributed by atoms with van der Waals surface area (Å²) in [4.78, 5) is 6.40. The Balaban J connectivity index is 1.43. The van der Waals surface area contributed by atoms with Gasteiger partial charge in [-0.1, -0.05) is 12.1 Å². The molecule has 14 heteroatoms. The first-order valence-electron chi connectivity index (χ1n) is 14.4. The minimum atomic E-state index is -4.99. The normalized spacial score (nSPS) is 11.6. The van der Waals surface area contributed by atoms with Crippen LogP contribution >= 0.6 is 12.2 Å². The highest BCUT2D eigenvalue weighted by Crippen LogP contribution is 2.39. The Kier molecular flexibility index (Phi) is 9.57. The van der Waals surface area contributed by atoms with Crippen molar-refractivity contribution in [2.24, 2.45) is 0 Å². The molecule has 0 unspecified atom stereocenters. The van der Waals surface area contributed by atoms with E-state index in [1.807, 2.05) is 69.2 Å². The Morgan fingerprint density at radius 1 is 0.667 bits per heavy atom. The summed E-state index contributed by atoms with van der Waals surface area (Å²) in [5, 5.41) is 17.0. The van der Waals surface area contributed by atoms with Crippen molar-refractivity contribution >= 4 is 45.9 Å². The molecule has 0 saturated heterocycles. The summed E-state index contributed by atoms with van der Waals surface area (Å²) in [6.45, 7) is 3.85. The first kappa shape index (κ1) is 34.1. The van der Waals surface area contributed by atoms with E-state index in [0.717, 1.165) is 33.6 Å². The molecular weight excluding hydrogens is 652 g/mol. The lowest BCUT2D eigenvalue weighted by Gasteiger charge is -2.17. The molecule has 0 amide bonds. The number of alkyl halides is 6. The van der Waals surface area contributed by atoms with Crippen molar-refractivity contribution in [1.82, 2.24) is 15.2 Å². The molecule has 5 rings (SSSR count). The van der Waals surface area contributed by atoms with Gasteiger partial charge < -0.3 is 20.9 Å². The summed E-state index contributed by atoms with van der Waals surface area (Å²) in [5.41, 5.74) is 3.55. The molecule has 0 atom stereocenters. The summed E-state index contributed by atoms with van der Waals surface area (Å²) in [6, 6.07) is 18.0. The number of aryl methyl sites for hydroxylation is 2. The third kappa shape index (κ3) is 8.00. The van der Waals surface area contributed by atoms with Crippen LogP contribution in [0.2, 0.25) is 0 Å². The van der Waals surface area contributed by atoms with E-state index in [-0.39, 0.29) is 11.2 Å². The molecule has 248 valence electrons. The Bertz CT molecular complexity index is 1940. The van der Waals surface area contributed by atoms with Crippen molar-refractivity contribution in [2.75, 3.05) is 34.9 Å². The quantitative estimate of drug-likeness (QED) is 0.116. The van der Waals surface area contributed by atoms with Gasteiger partial charge in [0.25, 0.3) is 0 Å². The third-order valence-corrected chi connectivity index (χ3v) is 7.58. The summed E-state index contributed by atoms with van der Waals surface area (Å²) in [5.74, 6) is 0.669. The molecule has 0 aliphatic carbocycles. The minimum Gasteiger partial charge on any atom is -0.378 e. The number of halogens is 6. The van der Waals surface area contributed by atoms with Crippen LogP contribution in [-0.2, 0) is 12.4 Å². The van der Waals surface area contributed by atoms with Crippen LogP contribution in [0.3, 0.4) is 0 Å². The molecule has 7 nitrogen and oxygen atoms in total. The fourth-order valence-electron chi connectivity index (χ4n) is 4.93. The molecule has 3 N–H and O–H groups in total. The zero-order chi connectivity index (χ0) is 34.8. The number of rotatable bonds is 7. The molecule has 0 fully saturated rings. The predicted molar refractivity (Wildman–Crippen MR) is 181 cm³/mol. The Morgan fingerprint density at radius 2 is 1.27 bits per heavy atom. The van der Waals surface area contributed by atoms with Crippen LogP contribution in [0.5, 0.6) is 0 Å². The van der Waals surface area contributed by atoms with E-state index in [1.54, 1.807) is 30.6 Å². The van der Waals surface area contributed by atoms with Gasteiger partial charge in [-0.25, -0.2) is 4.98 Å². The maximum atomic E-state index is 13.3. The van der Waals surface area contributed by atoms with E-state index in [2.05, 4.69) is 31.1 Å². The minimum absolute atomic E-state index is 0.0549. The lowest BCUT2D eigenvalue weighted by Crippen LogP contribution is -2.20. The second kappa shape index (κ2) is 13.5. The van der Waals surface area contributed by atoms with Gasteiger partial charge in [-0.05, 0) is 97.4 Å². The van der Waals surface area contributed by atoms with Crippen LogP contribution in [0, 0.1) is 13.8 Å². The van der Waals surface area contributed by atoms with Crippen molar-refractivity contribution in [3.8, 4) is 22.4 Å². The number of hydrogen-bond acceptors (Lipinski definition) is 6. The van der Waals surface area contributed by atoms with Gasteiger partial charge in [0.2, 0.25) is 0 Å². The number of pyridine rings is 1. The van der Waals surface area contributed by atoms with Gasteiger partial charge >= 0.3 is 12.4 Å². The van der Waals surface area contributed by atoms with Gasteiger partial charge in [0.15, 0.2) is 5.11 Å². The average molecular weight is 682 g/mol. The number of anilines is 5. The summed E-state index contributed by atoms with van der Waals surface area (Å²) in [7, 11) is 3.89. The second-order valence-electron chi connectivity index (χ2n) is 11.1. The van der Waals surface area contributed by atoms with Crippen molar-refractivity contribution < 1.29 is 26.3 Å². The Hall–Kier alpha value is -5.24. The van der Waals surface area contributed by atoms with Crippen LogP contribution in [0.4, 0.5) is 54.9 Å². The molecular formula is C34H29F6N7S. The topological polar surface area (TPSA) is 78.0 Å². The molecule has 48 heavy (non-hydrogen) atoms. The average Bonchev–Trinajstić information content (AvgIpc) is 3.02. The number of benzene rings is 3. The first-order chi connectivity index (χ1) is 22.6. The molecule has 5 aromatic rings. The van der Waals surface area contributed by atoms with Crippen molar-refractivity contribution in [3.05, 3.63) is 107 Å². The Labute approximate surface area is 278 Å². The van der Waals surface area contributed by atoms with Crippen LogP contribution in [0.15, 0.2) is 85.2 Å². The van der Waals surface area contributed by atoms with Crippen LogP contribution in [-0.4, -0.2) is 34.4 Å². The summed E-state index contributed by atoms with van der Waals surface area (Å²) < 4.78 is 80.1. The number of nitrogens with zero attached hydrogens (tertiary/aromatic N) is 4. The Morgan fingerprint density at radius 3 is 1.92 bits per heavy atom. The summed E-state index contributed by atoms with van der Waals surface area (Å²) in [6.07, 6.45) is -6.67. The number of nitrogens with one attached hydrogen (secondary N) is 3. The van der Waals surface area contributed by atoms with Gasteiger partial charge in [-0.3, -0.25) is 0 Å². The highest BCUT2D eigenvalue weighted by atomic mass is 32.1. The standard InChI is InChI=1S/C34H29F6N7S/c1-19-5-7-23(43-30-18-26(47(3)4)9-11-41-30)16-28(19)27-10-12-42-46-31(27)29-17-24(8-6-20(29)2)44-32(48)45-25-14-21(33(35,36)37)13-22(15-25)34(38,39)40/h5-18H,1-4H3,(H,41,43)(H2,44,45,48). The van der Waals surface area contributed by atoms with E-state index in [0.29, 0.717) is 34.9 Å². The zero-order valence-corrected chi connectivity index (χ0v) is 26.9. The molecule has 0 bridgehead atoms. The fourth-order valence-corrected chi connectivity index (χ4v) is 5.16. The van der Waals surface area contributed by atoms with E-state index in [4.69, 9.17) is 12.2 Å². The van der Waals surface area contributed by atoms with Crippen molar-refractivity contribution in [2.45, 2.75) is 26.2 Å². The molecule has 0 aliphatic heterocycles. The monoisotopic (exact) mass is 681 g/mol. The van der Waals surface area contributed by atoms with Crippen LogP contribution < -0.4 is 20.9 Å². The molecule has 0 radical (unpaired) electrons. The highest BCUT2D eigenvalue weighted by Gasteiger charge is 2.37. The smallest absolute Gasteiger partial charge is 0.378 e. The highest BCUT2D eigenvalue weighted by molar-refractivity contribution is 7.80. The van der Waals surface area contributed by atoms with Crippen molar-refractivity contribution in [1.29, 1.82) is 0 Å². The van der Waals surface area contributed by atoms with E-state index < -0.39 is 29.2 Å². The van der Waals surface area contributed by atoms with Gasteiger partial charge in [-0.2, -0.15) is 31.4 Å². The predicted octanol–water partition coefficient (Wildman–Crippen LogP) is 9.48. The largest absolute Gasteiger partial charge is 0.416 e. The number of thiocarbonyl (C=S) groups is 1.